The van der Waals surface area contributed by atoms with Gasteiger partial charge in [-0.3, -0.25) is 9.48 Å². The highest BCUT2D eigenvalue weighted by atomic mass is 127. The van der Waals surface area contributed by atoms with Crippen LogP contribution in [0.2, 0.25) is 0 Å². The summed E-state index contributed by atoms with van der Waals surface area (Å²) in [5, 5.41) is 6.23. The summed E-state index contributed by atoms with van der Waals surface area (Å²) in [4.78, 5) is 12.5. The Labute approximate surface area is 167 Å². The molecule has 8 heteroatoms. The molecule has 0 fully saturated rings. The molecule has 0 aliphatic rings. The average Bonchev–Trinajstić information content (AvgIpc) is 3.01. The maximum atomic E-state index is 13.8. The van der Waals surface area contributed by atoms with Gasteiger partial charge in [0.15, 0.2) is 0 Å². The number of nitrogens with one attached hydrogen (secondary N) is 1. The van der Waals surface area contributed by atoms with E-state index in [1.807, 2.05) is 25.1 Å². The zero-order chi connectivity index (χ0) is 19.7. The van der Waals surface area contributed by atoms with Crippen LogP contribution in [-0.4, -0.2) is 15.7 Å². The van der Waals surface area contributed by atoms with Crippen LogP contribution in [0.25, 0.3) is 11.1 Å². The molecule has 0 spiro atoms. The largest absolute Gasteiger partial charge is 0.321 e. The number of carbonyl (C=O) groups is 1. The predicted octanol–water partition coefficient (Wildman–Crippen LogP) is 5.33. The molecule has 0 saturated heterocycles. The summed E-state index contributed by atoms with van der Waals surface area (Å²) in [6, 6.07) is 9.49. The van der Waals surface area contributed by atoms with E-state index in [-0.39, 0.29) is 5.56 Å². The zero-order valence-electron chi connectivity index (χ0n) is 14.4. The molecular formula is C19H15F3IN3O. The molecule has 1 amide bonds. The van der Waals surface area contributed by atoms with Gasteiger partial charge in [0.05, 0.1) is 5.56 Å². The quantitative estimate of drug-likeness (QED) is 0.508. The second-order valence-corrected chi connectivity index (χ2v) is 7.17. The standard InChI is InChI=1S/C19H15F3IN3O/c1-10-3-4-11(7-15(10)23)13-8-12(20)5-6-16(13)24-19(27)14-9-26(2)25-17(14)18(21)22/h3-9,18H,1-2H3,(H,24,27). The molecule has 0 saturated carbocycles. The number of hydrogen-bond donors (Lipinski definition) is 1. The number of halogens is 4. The van der Waals surface area contributed by atoms with E-state index in [4.69, 9.17) is 0 Å². The van der Waals surface area contributed by atoms with Gasteiger partial charge in [0.25, 0.3) is 12.3 Å². The van der Waals surface area contributed by atoms with Crippen molar-refractivity contribution in [3.63, 3.8) is 0 Å². The van der Waals surface area contributed by atoms with E-state index in [9.17, 15) is 18.0 Å². The third-order valence-electron chi connectivity index (χ3n) is 4.02. The van der Waals surface area contributed by atoms with Gasteiger partial charge in [0.2, 0.25) is 0 Å². The lowest BCUT2D eigenvalue weighted by Gasteiger charge is -2.13. The van der Waals surface area contributed by atoms with E-state index >= 15 is 0 Å². The minimum Gasteiger partial charge on any atom is -0.321 e. The molecule has 0 aliphatic heterocycles. The van der Waals surface area contributed by atoms with Crippen molar-refractivity contribution in [2.24, 2.45) is 7.05 Å². The molecule has 0 atom stereocenters. The number of benzene rings is 2. The fraction of sp³-hybridized carbons (Fsp3) is 0.158. The molecule has 0 aliphatic carbocycles. The van der Waals surface area contributed by atoms with Gasteiger partial charge in [-0.15, -0.1) is 0 Å². The summed E-state index contributed by atoms with van der Waals surface area (Å²) in [6.07, 6.45) is -1.65. The normalized spacial score (nSPS) is 11.1. The summed E-state index contributed by atoms with van der Waals surface area (Å²) >= 11 is 2.17. The SMILES string of the molecule is Cc1ccc(-c2cc(F)ccc2NC(=O)c2cn(C)nc2C(F)F)cc1I. The smallest absolute Gasteiger partial charge is 0.282 e. The summed E-state index contributed by atoms with van der Waals surface area (Å²) in [5.74, 6) is -1.19. The molecule has 2 aromatic carbocycles. The topological polar surface area (TPSA) is 46.9 Å². The van der Waals surface area contributed by atoms with Gasteiger partial charge in [-0.1, -0.05) is 12.1 Å². The van der Waals surface area contributed by atoms with Gasteiger partial charge < -0.3 is 5.32 Å². The van der Waals surface area contributed by atoms with Crippen molar-refractivity contribution in [2.75, 3.05) is 5.32 Å². The molecule has 1 heterocycles. The first kappa shape index (κ1) is 19.4. The Kier molecular flexibility index (Phi) is 5.54. The average molecular weight is 485 g/mol. The van der Waals surface area contributed by atoms with Crippen molar-refractivity contribution < 1.29 is 18.0 Å². The Hall–Kier alpha value is -2.36. The second-order valence-electron chi connectivity index (χ2n) is 6.01. The molecule has 0 bridgehead atoms. The Morgan fingerprint density at radius 1 is 1.22 bits per heavy atom. The van der Waals surface area contributed by atoms with Crippen molar-refractivity contribution in [1.29, 1.82) is 0 Å². The number of carbonyl (C=O) groups excluding carboxylic acids is 1. The fourth-order valence-corrected chi connectivity index (χ4v) is 3.17. The second kappa shape index (κ2) is 7.71. The lowest BCUT2D eigenvalue weighted by molar-refractivity contribution is 0.101. The van der Waals surface area contributed by atoms with E-state index in [0.29, 0.717) is 16.8 Å². The summed E-state index contributed by atoms with van der Waals surface area (Å²) in [7, 11) is 1.46. The third kappa shape index (κ3) is 4.15. The van der Waals surface area contributed by atoms with Crippen molar-refractivity contribution in [2.45, 2.75) is 13.3 Å². The Balaban J connectivity index is 2.01. The van der Waals surface area contributed by atoms with Gasteiger partial charge >= 0.3 is 0 Å². The summed E-state index contributed by atoms with van der Waals surface area (Å²) < 4.78 is 42.2. The van der Waals surface area contributed by atoms with Gasteiger partial charge in [0, 0.05) is 28.1 Å². The van der Waals surface area contributed by atoms with Crippen LogP contribution in [0, 0.1) is 16.3 Å². The molecule has 1 N–H and O–H groups in total. The lowest BCUT2D eigenvalue weighted by Crippen LogP contribution is -2.14. The molecule has 27 heavy (non-hydrogen) atoms. The Morgan fingerprint density at radius 2 is 1.96 bits per heavy atom. The highest BCUT2D eigenvalue weighted by molar-refractivity contribution is 14.1. The lowest BCUT2D eigenvalue weighted by atomic mass is 10.0. The van der Waals surface area contributed by atoms with Gasteiger partial charge in [-0.25, -0.2) is 13.2 Å². The number of aryl methyl sites for hydroxylation is 2. The molecular weight excluding hydrogens is 470 g/mol. The molecule has 0 radical (unpaired) electrons. The first-order valence-electron chi connectivity index (χ1n) is 7.95. The fourth-order valence-electron chi connectivity index (χ4n) is 2.66. The monoisotopic (exact) mass is 485 g/mol. The number of nitrogens with zero attached hydrogens (tertiary/aromatic N) is 2. The number of rotatable bonds is 4. The van der Waals surface area contributed by atoms with Crippen LogP contribution in [0.15, 0.2) is 42.6 Å². The molecule has 4 nitrogen and oxygen atoms in total. The number of anilines is 1. The van der Waals surface area contributed by atoms with Crippen LogP contribution in [-0.2, 0) is 7.05 Å². The first-order valence-corrected chi connectivity index (χ1v) is 9.03. The minimum absolute atomic E-state index is 0.221. The highest BCUT2D eigenvalue weighted by Gasteiger charge is 2.23. The predicted molar refractivity (Wildman–Crippen MR) is 105 cm³/mol. The van der Waals surface area contributed by atoms with Crippen LogP contribution in [0.3, 0.4) is 0 Å². The highest BCUT2D eigenvalue weighted by Crippen LogP contribution is 2.31. The van der Waals surface area contributed by atoms with E-state index in [1.165, 1.54) is 31.4 Å². The van der Waals surface area contributed by atoms with Crippen LogP contribution in [0.1, 0.15) is 28.0 Å². The summed E-state index contributed by atoms with van der Waals surface area (Å²) in [5.41, 5.74) is 1.75. The van der Waals surface area contributed by atoms with E-state index in [2.05, 4.69) is 33.0 Å². The number of aromatic nitrogens is 2. The van der Waals surface area contributed by atoms with E-state index < -0.39 is 23.8 Å². The Bertz CT molecular complexity index is 1020. The van der Waals surface area contributed by atoms with Crippen LogP contribution < -0.4 is 5.32 Å². The van der Waals surface area contributed by atoms with Gasteiger partial charge in [-0.05, 0) is 64.9 Å². The molecule has 3 rings (SSSR count). The van der Waals surface area contributed by atoms with Crippen molar-refractivity contribution in [3.05, 3.63) is 68.8 Å². The van der Waals surface area contributed by atoms with Crippen molar-refractivity contribution >= 4 is 34.2 Å². The number of amides is 1. The minimum atomic E-state index is -2.88. The van der Waals surface area contributed by atoms with Crippen molar-refractivity contribution in [1.82, 2.24) is 9.78 Å². The van der Waals surface area contributed by atoms with Crippen LogP contribution in [0.5, 0.6) is 0 Å². The van der Waals surface area contributed by atoms with Gasteiger partial charge in [0.1, 0.15) is 11.5 Å². The first-order chi connectivity index (χ1) is 12.8. The van der Waals surface area contributed by atoms with E-state index in [1.54, 1.807) is 0 Å². The number of hydrogen-bond acceptors (Lipinski definition) is 2. The molecule has 3 aromatic rings. The molecule has 1 aromatic heterocycles. The maximum absolute atomic E-state index is 13.8. The number of alkyl halides is 2. The maximum Gasteiger partial charge on any atom is 0.282 e. The van der Waals surface area contributed by atoms with E-state index in [0.717, 1.165) is 13.8 Å². The van der Waals surface area contributed by atoms with Crippen molar-refractivity contribution in [3.8, 4) is 11.1 Å². The third-order valence-corrected chi connectivity index (χ3v) is 5.18. The molecule has 140 valence electrons. The van der Waals surface area contributed by atoms with Crippen LogP contribution in [0.4, 0.5) is 18.9 Å². The van der Waals surface area contributed by atoms with Gasteiger partial charge in [-0.2, -0.15) is 5.10 Å². The molecule has 0 unspecified atom stereocenters. The summed E-state index contributed by atoms with van der Waals surface area (Å²) in [6.45, 7) is 1.95. The van der Waals surface area contributed by atoms with Crippen LogP contribution >= 0.6 is 22.6 Å². The Morgan fingerprint density at radius 3 is 2.63 bits per heavy atom. The zero-order valence-corrected chi connectivity index (χ0v) is 16.6.